The van der Waals surface area contributed by atoms with Gasteiger partial charge in [-0.15, -0.1) is 0 Å². The predicted octanol–water partition coefficient (Wildman–Crippen LogP) is 0.383. The number of rotatable bonds is 4. The molecule has 6 heteroatoms. The maximum atomic E-state index is 10.6. The van der Waals surface area contributed by atoms with Crippen LogP contribution in [0.1, 0.15) is 20.3 Å². The standard InChI is InChI=1S/C8H14N2O4/c1-3-4(2)5(9)6(7(11)12)14-8(10)13/h4H,3,9H2,1-2H3,(H2,10,13)(H,11,12). The van der Waals surface area contributed by atoms with Gasteiger partial charge in [-0.25, -0.2) is 9.59 Å². The number of aliphatic carboxylic acids is 1. The number of nitrogens with two attached hydrogens (primary N) is 2. The lowest BCUT2D eigenvalue weighted by Gasteiger charge is -2.11. The third kappa shape index (κ3) is 3.34. The SMILES string of the molecule is CCC(C)C(N)=C(OC(N)=O)C(=O)O. The summed E-state index contributed by atoms with van der Waals surface area (Å²) >= 11 is 0. The third-order valence-corrected chi connectivity index (χ3v) is 1.80. The molecule has 0 bridgehead atoms. The molecule has 1 atom stereocenters. The van der Waals surface area contributed by atoms with E-state index in [1.54, 1.807) is 6.92 Å². The van der Waals surface area contributed by atoms with Gasteiger partial charge >= 0.3 is 12.1 Å². The summed E-state index contributed by atoms with van der Waals surface area (Å²) in [5, 5.41) is 8.67. The van der Waals surface area contributed by atoms with Crippen molar-refractivity contribution >= 4 is 12.1 Å². The highest BCUT2D eigenvalue weighted by Gasteiger charge is 2.19. The highest BCUT2D eigenvalue weighted by atomic mass is 16.6. The Balaban J connectivity index is 4.94. The number of hydrogen-bond acceptors (Lipinski definition) is 4. The fourth-order valence-electron chi connectivity index (χ4n) is 0.770. The lowest BCUT2D eigenvalue weighted by atomic mass is 10.0. The monoisotopic (exact) mass is 202 g/mol. The van der Waals surface area contributed by atoms with Crippen LogP contribution >= 0.6 is 0 Å². The molecule has 0 aromatic rings. The van der Waals surface area contributed by atoms with Crippen molar-refractivity contribution in [1.82, 2.24) is 0 Å². The average molecular weight is 202 g/mol. The Kier molecular flexibility index (Phi) is 4.48. The van der Waals surface area contributed by atoms with Crippen molar-refractivity contribution in [3.05, 3.63) is 11.5 Å². The maximum absolute atomic E-state index is 10.6. The first-order chi connectivity index (χ1) is 6.40. The van der Waals surface area contributed by atoms with Crippen LogP contribution in [0.3, 0.4) is 0 Å². The summed E-state index contributed by atoms with van der Waals surface area (Å²) in [6.07, 6.45) is -0.543. The smallest absolute Gasteiger partial charge is 0.410 e. The fourth-order valence-corrected chi connectivity index (χ4v) is 0.770. The van der Waals surface area contributed by atoms with E-state index in [4.69, 9.17) is 16.6 Å². The largest absolute Gasteiger partial charge is 0.475 e. The van der Waals surface area contributed by atoms with Gasteiger partial charge in [0, 0.05) is 0 Å². The van der Waals surface area contributed by atoms with Gasteiger partial charge in [0.15, 0.2) is 0 Å². The minimum atomic E-state index is -1.40. The molecule has 80 valence electrons. The Bertz CT molecular complexity index is 273. The summed E-state index contributed by atoms with van der Waals surface area (Å²) in [7, 11) is 0. The van der Waals surface area contributed by atoms with Gasteiger partial charge in [-0.3, -0.25) is 0 Å². The summed E-state index contributed by atoms with van der Waals surface area (Å²) in [6, 6.07) is 0. The molecule has 0 heterocycles. The molecule has 0 aliphatic heterocycles. The van der Waals surface area contributed by atoms with Crippen LogP contribution in [0, 0.1) is 5.92 Å². The summed E-state index contributed by atoms with van der Waals surface area (Å²) in [6.45, 7) is 3.56. The molecule has 6 nitrogen and oxygen atoms in total. The molecule has 0 rings (SSSR count). The summed E-state index contributed by atoms with van der Waals surface area (Å²) in [5.41, 5.74) is 10.2. The first kappa shape index (κ1) is 12.3. The molecule has 1 unspecified atom stereocenters. The second-order valence-electron chi connectivity index (χ2n) is 2.82. The number of carboxylic acid groups (broad SMARTS) is 1. The summed E-state index contributed by atoms with van der Waals surface area (Å²) in [4.78, 5) is 21.0. The summed E-state index contributed by atoms with van der Waals surface area (Å²) < 4.78 is 4.29. The van der Waals surface area contributed by atoms with Crippen molar-refractivity contribution in [2.24, 2.45) is 17.4 Å². The van der Waals surface area contributed by atoms with E-state index >= 15 is 0 Å². The van der Waals surface area contributed by atoms with Crippen LogP contribution in [0.25, 0.3) is 0 Å². The molecule has 5 N–H and O–H groups in total. The fraction of sp³-hybridized carbons (Fsp3) is 0.500. The van der Waals surface area contributed by atoms with E-state index in [1.165, 1.54) is 0 Å². The van der Waals surface area contributed by atoms with Crippen LogP contribution in [-0.4, -0.2) is 17.2 Å². The molecule has 0 aromatic carbocycles. The summed E-state index contributed by atoms with van der Waals surface area (Å²) in [5.74, 6) is -2.17. The molecule has 0 spiro atoms. The normalized spacial score (nSPS) is 14.1. The molecule has 1 amide bonds. The molecule has 0 fully saturated rings. The first-order valence-corrected chi connectivity index (χ1v) is 4.10. The molecule has 0 aromatic heterocycles. The Hall–Kier alpha value is -1.72. The predicted molar refractivity (Wildman–Crippen MR) is 49.0 cm³/mol. The molecule has 0 saturated heterocycles. The highest BCUT2D eigenvalue weighted by Crippen LogP contribution is 2.14. The van der Waals surface area contributed by atoms with E-state index in [0.717, 1.165) is 0 Å². The van der Waals surface area contributed by atoms with Gasteiger partial charge in [0.25, 0.3) is 0 Å². The minimum absolute atomic E-state index is 0.0128. The Morgan fingerprint density at radius 1 is 1.43 bits per heavy atom. The zero-order valence-corrected chi connectivity index (χ0v) is 8.11. The third-order valence-electron chi connectivity index (χ3n) is 1.80. The minimum Gasteiger partial charge on any atom is -0.475 e. The van der Waals surface area contributed by atoms with Gasteiger partial charge in [-0.2, -0.15) is 0 Å². The van der Waals surface area contributed by atoms with Crippen LogP contribution in [0.4, 0.5) is 4.79 Å². The molecule has 0 saturated carbocycles. The number of carbonyl (C=O) groups excluding carboxylic acids is 1. The first-order valence-electron chi connectivity index (χ1n) is 4.10. The van der Waals surface area contributed by atoms with E-state index in [2.05, 4.69) is 4.74 Å². The number of carboxylic acids is 1. The number of allylic oxidation sites excluding steroid dienone is 1. The second-order valence-corrected chi connectivity index (χ2v) is 2.82. The number of amides is 1. The Labute approximate surface area is 81.5 Å². The van der Waals surface area contributed by atoms with Crippen molar-refractivity contribution in [3.63, 3.8) is 0 Å². The quantitative estimate of drug-likeness (QED) is 0.450. The number of carbonyl (C=O) groups is 2. The van der Waals surface area contributed by atoms with Crippen LogP contribution < -0.4 is 11.5 Å². The van der Waals surface area contributed by atoms with Crippen LogP contribution in [0.5, 0.6) is 0 Å². The average Bonchev–Trinajstić information content (AvgIpc) is 2.11. The van der Waals surface area contributed by atoms with E-state index in [0.29, 0.717) is 6.42 Å². The van der Waals surface area contributed by atoms with Gasteiger partial charge in [-0.05, 0) is 12.3 Å². The van der Waals surface area contributed by atoms with Crippen molar-refractivity contribution in [2.45, 2.75) is 20.3 Å². The van der Waals surface area contributed by atoms with Crippen LogP contribution in [0.2, 0.25) is 0 Å². The Morgan fingerprint density at radius 2 is 1.93 bits per heavy atom. The number of hydrogen-bond donors (Lipinski definition) is 3. The molecule has 0 aliphatic rings. The number of ether oxygens (including phenoxy) is 1. The van der Waals surface area contributed by atoms with Crippen molar-refractivity contribution in [2.75, 3.05) is 0 Å². The van der Waals surface area contributed by atoms with E-state index in [1.807, 2.05) is 6.92 Å². The van der Waals surface area contributed by atoms with Crippen LogP contribution in [0.15, 0.2) is 11.5 Å². The van der Waals surface area contributed by atoms with Gasteiger partial charge in [0.05, 0.1) is 5.70 Å². The van der Waals surface area contributed by atoms with Gasteiger partial charge in [-0.1, -0.05) is 13.8 Å². The van der Waals surface area contributed by atoms with Crippen molar-refractivity contribution in [1.29, 1.82) is 0 Å². The zero-order valence-electron chi connectivity index (χ0n) is 8.11. The molecular weight excluding hydrogens is 188 g/mol. The van der Waals surface area contributed by atoms with Gasteiger partial charge < -0.3 is 21.3 Å². The second kappa shape index (κ2) is 5.11. The zero-order chi connectivity index (χ0) is 11.3. The van der Waals surface area contributed by atoms with Crippen molar-refractivity contribution in [3.8, 4) is 0 Å². The van der Waals surface area contributed by atoms with Crippen LogP contribution in [-0.2, 0) is 9.53 Å². The van der Waals surface area contributed by atoms with E-state index < -0.39 is 17.8 Å². The molecule has 14 heavy (non-hydrogen) atoms. The Morgan fingerprint density at radius 3 is 2.21 bits per heavy atom. The lowest BCUT2D eigenvalue weighted by molar-refractivity contribution is -0.135. The number of primary amides is 1. The topological polar surface area (TPSA) is 116 Å². The molecule has 0 radical (unpaired) electrons. The van der Waals surface area contributed by atoms with E-state index in [-0.39, 0.29) is 11.6 Å². The maximum Gasteiger partial charge on any atom is 0.410 e. The highest BCUT2D eigenvalue weighted by molar-refractivity contribution is 5.88. The molecule has 0 aliphatic carbocycles. The van der Waals surface area contributed by atoms with Gasteiger partial charge in [0.2, 0.25) is 5.76 Å². The van der Waals surface area contributed by atoms with Gasteiger partial charge in [0.1, 0.15) is 0 Å². The van der Waals surface area contributed by atoms with E-state index in [9.17, 15) is 9.59 Å². The van der Waals surface area contributed by atoms with Crippen molar-refractivity contribution < 1.29 is 19.4 Å². The molecular formula is C8H14N2O4. The lowest BCUT2D eigenvalue weighted by Crippen LogP contribution is -2.23.